The van der Waals surface area contributed by atoms with E-state index >= 15 is 0 Å². The molecule has 0 saturated heterocycles. The van der Waals surface area contributed by atoms with Gasteiger partial charge in [0, 0.05) is 17.3 Å². The van der Waals surface area contributed by atoms with Crippen LogP contribution >= 0.6 is 23.4 Å². The maximum Gasteiger partial charge on any atom is 0.319 e. The molecule has 2 amide bonds. The Morgan fingerprint density at radius 2 is 2.00 bits per heavy atom. The first kappa shape index (κ1) is 17.0. The quantitative estimate of drug-likeness (QED) is 0.780. The summed E-state index contributed by atoms with van der Waals surface area (Å²) in [5, 5.41) is 14.1. The Labute approximate surface area is 124 Å². The molecule has 0 aliphatic heterocycles. The van der Waals surface area contributed by atoms with Gasteiger partial charge in [0.1, 0.15) is 5.69 Å². The molecule has 0 fully saturated rings. The molecular formula is C12H15ClF2N2O2S. The van der Waals surface area contributed by atoms with Crippen molar-refractivity contribution >= 4 is 35.1 Å². The first-order chi connectivity index (χ1) is 9.25. The highest BCUT2D eigenvalue weighted by Gasteiger charge is 2.21. The van der Waals surface area contributed by atoms with Gasteiger partial charge in [-0.2, -0.15) is 11.8 Å². The molecule has 0 aromatic heterocycles. The summed E-state index contributed by atoms with van der Waals surface area (Å²) < 4.78 is 26.9. The molecule has 0 heterocycles. The fourth-order valence-corrected chi connectivity index (χ4v) is 2.37. The van der Waals surface area contributed by atoms with Crippen molar-refractivity contribution in [2.75, 3.05) is 23.9 Å². The summed E-state index contributed by atoms with van der Waals surface area (Å²) in [4.78, 5) is 11.5. The van der Waals surface area contributed by atoms with Gasteiger partial charge in [-0.05, 0) is 25.3 Å². The van der Waals surface area contributed by atoms with Crippen LogP contribution in [-0.2, 0) is 0 Å². The van der Waals surface area contributed by atoms with Crippen LogP contribution < -0.4 is 10.6 Å². The zero-order valence-corrected chi connectivity index (χ0v) is 12.5. The van der Waals surface area contributed by atoms with Crippen molar-refractivity contribution in [1.82, 2.24) is 5.32 Å². The summed E-state index contributed by atoms with van der Waals surface area (Å²) in [6, 6.07) is 0.973. The number of rotatable bonds is 5. The van der Waals surface area contributed by atoms with Crippen molar-refractivity contribution in [3.05, 3.63) is 28.8 Å². The Morgan fingerprint density at radius 1 is 1.45 bits per heavy atom. The molecule has 112 valence electrons. The van der Waals surface area contributed by atoms with Crippen molar-refractivity contribution in [2.45, 2.75) is 12.5 Å². The predicted molar refractivity (Wildman–Crippen MR) is 77.4 cm³/mol. The van der Waals surface area contributed by atoms with Crippen LogP contribution in [0, 0.1) is 11.6 Å². The summed E-state index contributed by atoms with van der Waals surface area (Å²) >= 11 is 6.89. The highest BCUT2D eigenvalue weighted by atomic mass is 35.5. The van der Waals surface area contributed by atoms with Gasteiger partial charge < -0.3 is 15.7 Å². The molecule has 1 aromatic carbocycles. The molecule has 1 aromatic rings. The fourth-order valence-electron chi connectivity index (χ4n) is 1.45. The van der Waals surface area contributed by atoms with Crippen LogP contribution in [0.15, 0.2) is 12.1 Å². The van der Waals surface area contributed by atoms with Gasteiger partial charge in [-0.25, -0.2) is 13.6 Å². The van der Waals surface area contributed by atoms with E-state index in [4.69, 9.17) is 11.6 Å². The van der Waals surface area contributed by atoms with Crippen LogP contribution in [0.5, 0.6) is 0 Å². The van der Waals surface area contributed by atoms with Gasteiger partial charge in [0.2, 0.25) is 0 Å². The molecule has 0 saturated carbocycles. The molecule has 20 heavy (non-hydrogen) atoms. The number of halogens is 3. The minimum absolute atomic E-state index is 0.0451. The molecule has 0 radical (unpaired) electrons. The van der Waals surface area contributed by atoms with Gasteiger partial charge in [0.15, 0.2) is 11.6 Å². The third-order valence-corrected chi connectivity index (χ3v) is 3.46. The van der Waals surface area contributed by atoms with Crippen LogP contribution in [0.1, 0.15) is 6.92 Å². The summed E-state index contributed by atoms with van der Waals surface area (Å²) in [5.41, 5.74) is -1.69. The lowest BCUT2D eigenvalue weighted by atomic mass is 10.1. The number of amides is 2. The average Bonchev–Trinajstić information content (AvgIpc) is 2.31. The maximum atomic E-state index is 13.4. The van der Waals surface area contributed by atoms with Gasteiger partial charge in [0.25, 0.3) is 0 Å². The molecular weight excluding hydrogens is 310 g/mol. The molecule has 0 spiro atoms. The smallest absolute Gasteiger partial charge is 0.319 e. The predicted octanol–water partition coefficient (Wildman–Crippen LogP) is 2.85. The van der Waals surface area contributed by atoms with E-state index in [0.29, 0.717) is 5.75 Å². The Hall–Kier alpha value is -1.05. The summed E-state index contributed by atoms with van der Waals surface area (Å²) in [5.74, 6) is -1.53. The van der Waals surface area contributed by atoms with Crippen LogP contribution in [0.3, 0.4) is 0 Å². The first-order valence-corrected chi connectivity index (χ1v) is 7.43. The number of carbonyl (C=O) groups excluding carboxylic acids is 1. The van der Waals surface area contributed by atoms with Crippen LogP contribution in [0.25, 0.3) is 0 Å². The highest BCUT2D eigenvalue weighted by molar-refractivity contribution is 7.98. The van der Waals surface area contributed by atoms with Gasteiger partial charge in [-0.3, -0.25) is 0 Å². The van der Waals surface area contributed by atoms with Crippen molar-refractivity contribution in [3.8, 4) is 0 Å². The van der Waals surface area contributed by atoms with Gasteiger partial charge in [-0.1, -0.05) is 11.6 Å². The molecule has 4 nitrogen and oxygen atoms in total. The molecule has 0 aliphatic rings. The maximum absolute atomic E-state index is 13.4. The van der Waals surface area contributed by atoms with Gasteiger partial charge >= 0.3 is 6.03 Å². The number of urea groups is 1. The van der Waals surface area contributed by atoms with Gasteiger partial charge in [0.05, 0.1) is 5.60 Å². The number of thioether (sulfide) groups is 1. The van der Waals surface area contributed by atoms with E-state index in [9.17, 15) is 18.7 Å². The second kappa shape index (κ2) is 7.10. The Kier molecular flexibility index (Phi) is 6.04. The highest BCUT2D eigenvalue weighted by Crippen LogP contribution is 2.23. The number of aliphatic hydroxyl groups is 1. The number of benzene rings is 1. The zero-order chi connectivity index (χ0) is 15.3. The van der Waals surface area contributed by atoms with E-state index in [0.717, 1.165) is 12.1 Å². The normalized spacial score (nSPS) is 13.7. The SMILES string of the molecule is CSCC(C)(O)CNC(=O)Nc1c(F)cc(Cl)cc1F. The van der Waals surface area contributed by atoms with Crippen molar-refractivity contribution in [3.63, 3.8) is 0 Å². The minimum atomic E-state index is -1.10. The van der Waals surface area contributed by atoms with Crippen molar-refractivity contribution in [2.24, 2.45) is 0 Å². The molecule has 0 bridgehead atoms. The van der Waals surface area contributed by atoms with Crippen LogP contribution in [0.2, 0.25) is 5.02 Å². The molecule has 1 atom stereocenters. The molecule has 8 heteroatoms. The Bertz CT molecular complexity index is 477. The van der Waals surface area contributed by atoms with E-state index in [-0.39, 0.29) is 11.6 Å². The number of nitrogens with one attached hydrogen (secondary N) is 2. The molecule has 0 aliphatic carbocycles. The third kappa shape index (κ3) is 5.15. The lowest BCUT2D eigenvalue weighted by Crippen LogP contribution is -2.44. The van der Waals surface area contributed by atoms with Crippen LogP contribution in [-0.4, -0.2) is 35.3 Å². The van der Waals surface area contributed by atoms with Crippen molar-refractivity contribution < 1.29 is 18.7 Å². The fraction of sp³-hybridized carbons (Fsp3) is 0.417. The lowest BCUT2D eigenvalue weighted by Gasteiger charge is -2.22. The van der Waals surface area contributed by atoms with E-state index in [1.807, 2.05) is 11.6 Å². The standard InChI is InChI=1S/C12H15ClF2N2O2S/c1-12(19,6-20-2)5-16-11(18)17-10-8(14)3-7(13)4-9(10)15/h3-4,19H,5-6H2,1-2H3,(H2,16,17,18). The molecule has 1 rings (SSSR count). The summed E-state index contributed by atoms with van der Waals surface area (Å²) in [6.07, 6.45) is 1.81. The van der Waals surface area contributed by atoms with E-state index in [1.54, 1.807) is 6.92 Å². The molecule has 1 unspecified atom stereocenters. The van der Waals surface area contributed by atoms with Crippen LogP contribution in [0.4, 0.5) is 19.3 Å². The number of anilines is 1. The molecule has 3 N–H and O–H groups in total. The summed E-state index contributed by atoms with van der Waals surface area (Å²) in [7, 11) is 0. The summed E-state index contributed by atoms with van der Waals surface area (Å²) in [6.45, 7) is 1.50. The zero-order valence-electron chi connectivity index (χ0n) is 11.0. The third-order valence-electron chi connectivity index (χ3n) is 2.33. The Balaban J connectivity index is 2.64. The number of hydrogen-bond acceptors (Lipinski definition) is 3. The monoisotopic (exact) mass is 324 g/mol. The van der Waals surface area contributed by atoms with E-state index in [2.05, 4.69) is 5.32 Å². The van der Waals surface area contributed by atoms with E-state index < -0.39 is 29.0 Å². The minimum Gasteiger partial charge on any atom is -0.387 e. The average molecular weight is 325 g/mol. The first-order valence-electron chi connectivity index (χ1n) is 5.66. The largest absolute Gasteiger partial charge is 0.387 e. The van der Waals surface area contributed by atoms with Crippen molar-refractivity contribution in [1.29, 1.82) is 0 Å². The topological polar surface area (TPSA) is 61.4 Å². The lowest BCUT2D eigenvalue weighted by molar-refractivity contribution is 0.0876. The van der Waals surface area contributed by atoms with Gasteiger partial charge in [-0.15, -0.1) is 0 Å². The van der Waals surface area contributed by atoms with E-state index in [1.165, 1.54) is 11.8 Å². The second-order valence-corrected chi connectivity index (χ2v) is 5.78. The number of hydrogen-bond donors (Lipinski definition) is 3. The second-order valence-electron chi connectivity index (χ2n) is 4.48. The number of carbonyl (C=O) groups is 1. The Morgan fingerprint density at radius 3 is 2.50 bits per heavy atom.